The molecule has 1 aliphatic carbocycles. The number of fused-ring (bicyclic) bond motifs is 1. The van der Waals surface area contributed by atoms with E-state index in [2.05, 4.69) is 15.4 Å². The lowest BCUT2D eigenvalue weighted by Gasteiger charge is -2.09. The Balaban J connectivity index is 1.78. The quantitative estimate of drug-likeness (QED) is 0.665. The predicted molar refractivity (Wildman–Crippen MR) is 78.8 cm³/mol. The van der Waals surface area contributed by atoms with Crippen molar-refractivity contribution in [2.24, 2.45) is 5.84 Å². The van der Waals surface area contributed by atoms with E-state index in [9.17, 15) is 0 Å². The van der Waals surface area contributed by atoms with Crippen molar-refractivity contribution in [3.63, 3.8) is 0 Å². The minimum absolute atomic E-state index is 0.739. The lowest BCUT2D eigenvalue weighted by molar-refractivity contribution is 0.886. The number of hydrogen-bond acceptors (Lipinski definition) is 6. The highest BCUT2D eigenvalue weighted by molar-refractivity contribution is 7.99. The second-order valence-corrected chi connectivity index (χ2v) is 6.67. The van der Waals surface area contributed by atoms with Gasteiger partial charge in [-0.25, -0.2) is 15.8 Å². The molecule has 1 saturated carbocycles. The van der Waals surface area contributed by atoms with Crippen LogP contribution >= 0.6 is 23.1 Å². The van der Waals surface area contributed by atoms with Gasteiger partial charge in [0.25, 0.3) is 0 Å². The van der Waals surface area contributed by atoms with Crippen LogP contribution < -0.4 is 11.3 Å². The number of nitrogen functional groups attached to an aromatic ring is 1. The number of thioether (sulfide) groups is 1. The largest absolute Gasteiger partial charge is 0.308 e. The number of aromatic nitrogens is 2. The number of anilines is 1. The second kappa shape index (κ2) is 5.42. The Morgan fingerprint density at radius 3 is 3.00 bits per heavy atom. The first-order chi connectivity index (χ1) is 8.86. The van der Waals surface area contributed by atoms with Gasteiger partial charge in [-0.2, -0.15) is 11.8 Å². The zero-order valence-corrected chi connectivity index (χ0v) is 11.7. The summed E-state index contributed by atoms with van der Waals surface area (Å²) >= 11 is 3.61. The Labute approximate surface area is 114 Å². The van der Waals surface area contributed by atoms with E-state index in [1.54, 1.807) is 11.3 Å². The summed E-state index contributed by atoms with van der Waals surface area (Å²) in [5, 5.41) is 3.83. The maximum Gasteiger partial charge on any atom is 0.152 e. The highest BCUT2D eigenvalue weighted by Gasteiger charge is 2.16. The van der Waals surface area contributed by atoms with Gasteiger partial charge in [0.15, 0.2) is 5.82 Å². The van der Waals surface area contributed by atoms with Crippen LogP contribution in [0.2, 0.25) is 0 Å². The molecule has 0 saturated heterocycles. The van der Waals surface area contributed by atoms with Crippen molar-refractivity contribution in [2.75, 3.05) is 5.43 Å². The monoisotopic (exact) mass is 280 g/mol. The number of rotatable bonds is 4. The van der Waals surface area contributed by atoms with Gasteiger partial charge < -0.3 is 5.43 Å². The number of nitrogens with zero attached hydrogens (tertiary/aromatic N) is 2. The van der Waals surface area contributed by atoms with Crippen molar-refractivity contribution in [3.05, 3.63) is 17.3 Å². The van der Waals surface area contributed by atoms with Crippen LogP contribution in [0.15, 0.2) is 11.4 Å². The molecule has 3 rings (SSSR count). The SMILES string of the molecule is NNc1nc(CSC2CCCC2)nc2sccc12. The average molecular weight is 280 g/mol. The van der Waals surface area contributed by atoms with E-state index >= 15 is 0 Å². The lowest BCUT2D eigenvalue weighted by atomic mass is 10.4. The molecular weight excluding hydrogens is 264 g/mol. The molecular formula is C12H16N4S2. The van der Waals surface area contributed by atoms with Crippen molar-refractivity contribution in [1.82, 2.24) is 9.97 Å². The van der Waals surface area contributed by atoms with Gasteiger partial charge in [-0.15, -0.1) is 11.3 Å². The van der Waals surface area contributed by atoms with Crippen LogP contribution in [-0.4, -0.2) is 15.2 Å². The molecule has 1 aliphatic rings. The van der Waals surface area contributed by atoms with Gasteiger partial charge in [-0.3, -0.25) is 0 Å². The van der Waals surface area contributed by atoms with Gasteiger partial charge in [0, 0.05) is 5.25 Å². The zero-order valence-electron chi connectivity index (χ0n) is 10.1. The first-order valence-corrected chi connectivity index (χ1v) is 8.12. The average Bonchev–Trinajstić information content (AvgIpc) is 3.06. The second-order valence-electron chi connectivity index (χ2n) is 4.49. The lowest BCUT2D eigenvalue weighted by Crippen LogP contribution is -2.10. The minimum atomic E-state index is 0.739. The summed E-state index contributed by atoms with van der Waals surface area (Å²) < 4.78 is 0. The van der Waals surface area contributed by atoms with Crippen LogP contribution in [0.5, 0.6) is 0 Å². The van der Waals surface area contributed by atoms with Crippen LogP contribution in [0.1, 0.15) is 31.5 Å². The third kappa shape index (κ3) is 2.46. The molecule has 2 heterocycles. The summed E-state index contributed by atoms with van der Waals surface area (Å²) in [6.07, 6.45) is 5.43. The van der Waals surface area contributed by atoms with Gasteiger partial charge in [-0.1, -0.05) is 12.8 Å². The van der Waals surface area contributed by atoms with Crippen molar-refractivity contribution < 1.29 is 0 Å². The van der Waals surface area contributed by atoms with Gasteiger partial charge >= 0.3 is 0 Å². The molecule has 0 bridgehead atoms. The molecule has 1 fully saturated rings. The molecule has 96 valence electrons. The van der Waals surface area contributed by atoms with Crippen molar-refractivity contribution in [2.45, 2.75) is 36.7 Å². The summed E-state index contributed by atoms with van der Waals surface area (Å²) in [6, 6.07) is 2.00. The number of nitrogens with one attached hydrogen (secondary N) is 1. The van der Waals surface area contributed by atoms with Crippen LogP contribution in [0.3, 0.4) is 0 Å². The Morgan fingerprint density at radius 2 is 2.22 bits per heavy atom. The number of hydrazine groups is 1. The highest BCUT2D eigenvalue weighted by Crippen LogP contribution is 2.32. The molecule has 4 nitrogen and oxygen atoms in total. The smallest absolute Gasteiger partial charge is 0.152 e. The van der Waals surface area contributed by atoms with E-state index in [1.165, 1.54) is 25.7 Å². The molecule has 2 aromatic heterocycles. The third-order valence-corrected chi connectivity index (χ3v) is 5.43. The zero-order chi connectivity index (χ0) is 12.4. The Hall–Kier alpha value is -0.850. The first kappa shape index (κ1) is 12.2. The summed E-state index contributed by atoms with van der Waals surface area (Å²) in [5.41, 5.74) is 2.67. The topological polar surface area (TPSA) is 63.8 Å². The standard InChI is InChI=1S/C12H16N4S2/c13-16-11-9-5-6-17-12(9)15-10(14-11)7-18-8-3-1-2-4-8/h5-6,8H,1-4,7,13H2,(H,14,15,16). The third-order valence-electron chi connectivity index (χ3n) is 3.26. The Morgan fingerprint density at radius 1 is 1.39 bits per heavy atom. The van der Waals surface area contributed by atoms with E-state index in [1.807, 2.05) is 23.2 Å². The van der Waals surface area contributed by atoms with Crippen molar-refractivity contribution in [3.8, 4) is 0 Å². The summed E-state index contributed by atoms with van der Waals surface area (Å²) in [6.45, 7) is 0. The maximum absolute atomic E-state index is 5.52. The summed E-state index contributed by atoms with van der Waals surface area (Å²) in [7, 11) is 0. The maximum atomic E-state index is 5.52. The number of thiophene rings is 1. The van der Waals surface area contributed by atoms with E-state index < -0.39 is 0 Å². The van der Waals surface area contributed by atoms with Gasteiger partial charge in [0.05, 0.1) is 11.1 Å². The van der Waals surface area contributed by atoms with Crippen LogP contribution in [-0.2, 0) is 5.75 Å². The molecule has 0 radical (unpaired) electrons. The fourth-order valence-electron chi connectivity index (χ4n) is 2.32. The Kier molecular flexibility index (Phi) is 3.67. The van der Waals surface area contributed by atoms with E-state index in [4.69, 9.17) is 5.84 Å². The van der Waals surface area contributed by atoms with E-state index in [0.717, 1.165) is 32.9 Å². The van der Waals surface area contributed by atoms with Crippen molar-refractivity contribution in [1.29, 1.82) is 0 Å². The summed E-state index contributed by atoms with van der Waals surface area (Å²) in [4.78, 5) is 10.1. The van der Waals surface area contributed by atoms with Gasteiger partial charge in [-0.05, 0) is 24.3 Å². The predicted octanol–water partition coefficient (Wildman–Crippen LogP) is 3.15. The first-order valence-electron chi connectivity index (χ1n) is 6.19. The molecule has 2 aromatic rings. The van der Waals surface area contributed by atoms with Gasteiger partial charge in [0.2, 0.25) is 0 Å². The molecule has 0 amide bonds. The van der Waals surface area contributed by atoms with Crippen molar-refractivity contribution >= 4 is 39.1 Å². The molecule has 6 heteroatoms. The molecule has 0 spiro atoms. The fraction of sp³-hybridized carbons (Fsp3) is 0.500. The normalized spacial score (nSPS) is 16.5. The molecule has 3 N–H and O–H groups in total. The molecule has 18 heavy (non-hydrogen) atoms. The number of nitrogens with two attached hydrogens (primary N) is 1. The fourth-order valence-corrected chi connectivity index (χ4v) is 4.28. The van der Waals surface area contributed by atoms with Crippen LogP contribution in [0.25, 0.3) is 10.2 Å². The minimum Gasteiger partial charge on any atom is -0.308 e. The van der Waals surface area contributed by atoms with E-state index in [0.29, 0.717) is 0 Å². The van der Waals surface area contributed by atoms with Crippen LogP contribution in [0.4, 0.5) is 5.82 Å². The Bertz CT molecular complexity index is 534. The highest BCUT2D eigenvalue weighted by atomic mass is 32.2. The number of hydrogen-bond donors (Lipinski definition) is 2. The molecule has 0 aromatic carbocycles. The molecule has 0 aliphatic heterocycles. The van der Waals surface area contributed by atoms with Gasteiger partial charge in [0.1, 0.15) is 10.7 Å². The molecule has 0 unspecified atom stereocenters. The van der Waals surface area contributed by atoms with Crippen LogP contribution in [0, 0.1) is 0 Å². The van der Waals surface area contributed by atoms with E-state index in [-0.39, 0.29) is 0 Å². The molecule has 0 atom stereocenters. The summed E-state index contributed by atoms with van der Waals surface area (Å²) in [5.74, 6) is 8.03.